The van der Waals surface area contributed by atoms with Gasteiger partial charge in [0.15, 0.2) is 0 Å². The van der Waals surface area contributed by atoms with Gasteiger partial charge in [0.1, 0.15) is 18.4 Å². The summed E-state index contributed by atoms with van der Waals surface area (Å²) in [6.45, 7) is 2.68. The van der Waals surface area contributed by atoms with E-state index < -0.39 is 0 Å². The molecule has 0 atom stereocenters. The van der Waals surface area contributed by atoms with Crippen LogP contribution in [-0.2, 0) is 22.5 Å². The van der Waals surface area contributed by atoms with Crippen LogP contribution in [0.2, 0.25) is 0 Å². The molecule has 0 saturated carbocycles. The van der Waals surface area contributed by atoms with Gasteiger partial charge in [0.25, 0.3) is 0 Å². The summed E-state index contributed by atoms with van der Waals surface area (Å²) in [6.07, 6.45) is 4.99. The fourth-order valence-corrected chi connectivity index (χ4v) is 3.11. The van der Waals surface area contributed by atoms with Crippen molar-refractivity contribution < 1.29 is 14.3 Å². The summed E-state index contributed by atoms with van der Waals surface area (Å²) in [5, 5.41) is 10.7. The number of benzene rings is 1. The molecule has 146 valence electrons. The maximum atomic E-state index is 11.5. The average Bonchev–Trinajstić information content (AvgIpc) is 3.34. The number of esters is 1. The van der Waals surface area contributed by atoms with Gasteiger partial charge < -0.3 is 9.47 Å². The number of hydrogen-bond acceptors (Lipinski definition) is 9. The Kier molecular flexibility index (Phi) is 6.68. The highest BCUT2D eigenvalue weighted by Gasteiger charge is 2.08. The van der Waals surface area contributed by atoms with E-state index >= 15 is 0 Å². The maximum Gasteiger partial charge on any atom is 0.311 e. The molecule has 0 spiro atoms. The van der Waals surface area contributed by atoms with E-state index in [-0.39, 0.29) is 12.4 Å². The van der Waals surface area contributed by atoms with Gasteiger partial charge in [0.05, 0.1) is 38.6 Å². The number of carbonyl (C=O) groups is 1. The van der Waals surface area contributed by atoms with Crippen LogP contribution >= 0.6 is 11.3 Å². The lowest BCUT2D eigenvalue weighted by Crippen LogP contribution is -2.07. The van der Waals surface area contributed by atoms with Crippen LogP contribution in [0.15, 0.2) is 41.3 Å². The van der Waals surface area contributed by atoms with Gasteiger partial charge in [-0.3, -0.25) is 10.2 Å². The Morgan fingerprint density at radius 2 is 2.32 bits per heavy atom. The Morgan fingerprint density at radius 1 is 1.43 bits per heavy atom. The van der Waals surface area contributed by atoms with Crippen molar-refractivity contribution in [1.82, 2.24) is 19.7 Å². The first-order valence-electron chi connectivity index (χ1n) is 8.56. The van der Waals surface area contributed by atoms with Gasteiger partial charge in [0, 0.05) is 10.9 Å². The first-order chi connectivity index (χ1) is 13.7. The van der Waals surface area contributed by atoms with E-state index in [1.807, 2.05) is 18.2 Å². The lowest BCUT2D eigenvalue weighted by atomic mass is 10.1. The highest BCUT2D eigenvalue weighted by atomic mass is 32.1. The summed E-state index contributed by atoms with van der Waals surface area (Å²) in [6, 6.07) is 5.76. The van der Waals surface area contributed by atoms with Gasteiger partial charge in [-0.05, 0) is 30.7 Å². The first kappa shape index (κ1) is 19.5. The summed E-state index contributed by atoms with van der Waals surface area (Å²) < 4.78 is 12.0. The Hall–Kier alpha value is -3.27. The number of hydrazone groups is 1. The third-order valence-electron chi connectivity index (χ3n) is 3.66. The smallest absolute Gasteiger partial charge is 0.311 e. The van der Waals surface area contributed by atoms with E-state index in [0.29, 0.717) is 24.0 Å². The number of hydrogen-bond donors (Lipinski definition) is 1. The largest absolute Gasteiger partial charge is 0.496 e. The number of methoxy groups -OCH3 is 1. The number of carbonyl (C=O) groups excluding carboxylic acids is 1. The molecule has 0 bridgehead atoms. The molecule has 2 heterocycles. The van der Waals surface area contributed by atoms with E-state index in [1.165, 1.54) is 17.7 Å². The van der Waals surface area contributed by atoms with E-state index in [2.05, 4.69) is 25.6 Å². The monoisotopic (exact) mass is 400 g/mol. The summed E-state index contributed by atoms with van der Waals surface area (Å²) in [7, 11) is 1.63. The Bertz CT molecular complexity index is 939. The van der Waals surface area contributed by atoms with Crippen LogP contribution in [0.4, 0.5) is 5.13 Å². The quantitative estimate of drug-likeness (QED) is 0.334. The van der Waals surface area contributed by atoms with Crippen LogP contribution in [0.3, 0.4) is 0 Å². The second kappa shape index (κ2) is 9.60. The van der Waals surface area contributed by atoms with Crippen LogP contribution < -0.4 is 10.2 Å². The van der Waals surface area contributed by atoms with E-state index in [0.717, 1.165) is 16.9 Å². The molecule has 0 aliphatic carbocycles. The topological polar surface area (TPSA) is 104 Å². The van der Waals surface area contributed by atoms with Gasteiger partial charge in [-0.25, -0.2) is 14.6 Å². The number of nitrogens with zero attached hydrogens (tertiary/aromatic N) is 5. The van der Waals surface area contributed by atoms with Gasteiger partial charge in [0.2, 0.25) is 5.13 Å². The molecular weight excluding hydrogens is 380 g/mol. The summed E-state index contributed by atoms with van der Waals surface area (Å²) in [4.78, 5) is 19.8. The highest BCUT2D eigenvalue weighted by molar-refractivity contribution is 7.13. The molecule has 0 aliphatic heterocycles. The predicted molar refractivity (Wildman–Crippen MR) is 106 cm³/mol. The summed E-state index contributed by atoms with van der Waals surface area (Å²) >= 11 is 1.37. The number of aromatic nitrogens is 4. The van der Waals surface area contributed by atoms with Crippen molar-refractivity contribution in [1.29, 1.82) is 0 Å². The Labute approximate surface area is 166 Å². The predicted octanol–water partition coefficient (Wildman–Crippen LogP) is 2.34. The van der Waals surface area contributed by atoms with Gasteiger partial charge >= 0.3 is 5.97 Å². The van der Waals surface area contributed by atoms with Crippen LogP contribution in [0.5, 0.6) is 5.75 Å². The minimum Gasteiger partial charge on any atom is -0.496 e. The minimum absolute atomic E-state index is 0.153. The molecule has 1 N–H and O–H groups in total. The molecule has 2 aromatic heterocycles. The third-order valence-corrected chi connectivity index (χ3v) is 4.46. The number of ether oxygens (including phenoxy) is 2. The molecule has 0 saturated heterocycles. The number of anilines is 1. The SMILES string of the molecule is CCOC(=O)Cc1csc(NN=Cc2ccc(OC)c(Cn3cncn3)c2)n1. The minimum atomic E-state index is -0.291. The Balaban J connectivity index is 1.62. The van der Waals surface area contributed by atoms with Crippen molar-refractivity contribution in [2.45, 2.75) is 19.9 Å². The first-order valence-corrected chi connectivity index (χ1v) is 9.44. The molecule has 0 amide bonds. The second-order valence-corrected chi connectivity index (χ2v) is 6.52. The maximum absolute atomic E-state index is 11.5. The molecular formula is C18H20N6O3S. The lowest BCUT2D eigenvalue weighted by Gasteiger charge is -2.09. The van der Waals surface area contributed by atoms with Crippen molar-refractivity contribution in [2.75, 3.05) is 19.1 Å². The third kappa shape index (κ3) is 5.36. The number of rotatable bonds is 9. The van der Waals surface area contributed by atoms with E-state index in [4.69, 9.17) is 9.47 Å². The molecule has 9 nitrogen and oxygen atoms in total. The van der Waals surface area contributed by atoms with Crippen molar-refractivity contribution in [2.24, 2.45) is 5.10 Å². The number of nitrogens with one attached hydrogen (secondary N) is 1. The normalized spacial score (nSPS) is 10.9. The molecule has 0 fully saturated rings. The van der Waals surface area contributed by atoms with Crippen LogP contribution in [0.1, 0.15) is 23.7 Å². The summed E-state index contributed by atoms with van der Waals surface area (Å²) in [5.41, 5.74) is 5.39. The summed E-state index contributed by atoms with van der Waals surface area (Å²) in [5.74, 6) is 0.477. The van der Waals surface area contributed by atoms with Crippen LogP contribution in [-0.4, -0.2) is 45.6 Å². The van der Waals surface area contributed by atoms with Gasteiger partial charge in [-0.1, -0.05) is 0 Å². The Morgan fingerprint density at radius 3 is 3.07 bits per heavy atom. The molecule has 1 aromatic carbocycles. The molecule has 3 aromatic rings. The van der Waals surface area contributed by atoms with Gasteiger partial charge in [-0.15, -0.1) is 11.3 Å². The molecule has 28 heavy (non-hydrogen) atoms. The fraction of sp³-hybridized carbons (Fsp3) is 0.278. The molecule has 3 rings (SSSR count). The zero-order valence-corrected chi connectivity index (χ0v) is 16.3. The van der Waals surface area contributed by atoms with Crippen molar-refractivity contribution in [3.05, 3.63) is 53.1 Å². The van der Waals surface area contributed by atoms with E-state index in [1.54, 1.807) is 36.6 Å². The molecule has 0 radical (unpaired) electrons. The second-order valence-electron chi connectivity index (χ2n) is 5.66. The van der Waals surface area contributed by atoms with Crippen LogP contribution in [0, 0.1) is 0 Å². The molecule has 0 unspecified atom stereocenters. The van der Waals surface area contributed by atoms with Crippen molar-refractivity contribution >= 4 is 28.7 Å². The highest BCUT2D eigenvalue weighted by Crippen LogP contribution is 2.20. The van der Waals surface area contributed by atoms with Crippen molar-refractivity contribution in [3.63, 3.8) is 0 Å². The zero-order valence-electron chi connectivity index (χ0n) is 15.5. The van der Waals surface area contributed by atoms with Gasteiger partial charge in [-0.2, -0.15) is 10.2 Å². The molecule has 0 aliphatic rings. The van der Waals surface area contributed by atoms with E-state index in [9.17, 15) is 4.79 Å². The number of thiazole rings is 1. The average molecular weight is 400 g/mol. The van der Waals surface area contributed by atoms with Crippen LogP contribution in [0.25, 0.3) is 0 Å². The fourth-order valence-electron chi connectivity index (χ4n) is 2.45. The lowest BCUT2D eigenvalue weighted by molar-refractivity contribution is -0.142. The standard InChI is InChI=1S/C18H20N6O3S/c1-3-27-17(25)7-15-10-28-18(22-15)23-20-8-13-4-5-16(26-2)14(6-13)9-24-12-19-11-21-24/h4-6,8,10-12H,3,7,9H2,1-2H3,(H,22,23). The zero-order chi connectivity index (χ0) is 19.8. The van der Waals surface area contributed by atoms with Crippen molar-refractivity contribution in [3.8, 4) is 5.75 Å². The molecule has 10 heteroatoms.